The van der Waals surface area contributed by atoms with E-state index in [9.17, 15) is 0 Å². The molecule has 1 saturated heterocycles. The molecule has 1 fully saturated rings. The number of hydrogen-bond acceptors (Lipinski definition) is 8. The third-order valence-electron chi connectivity index (χ3n) is 4.04. The second-order valence-electron chi connectivity index (χ2n) is 5.62. The van der Waals surface area contributed by atoms with Gasteiger partial charge in [-0.1, -0.05) is 11.6 Å². The molecule has 26 heavy (non-hydrogen) atoms. The van der Waals surface area contributed by atoms with Crippen LogP contribution in [0.25, 0.3) is 0 Å². The number of nitrogen functional groups attached to an aromatic ring is 1. The zero-order chi connectivity index (χ0) is 18.5. The molecule has 3 heterocycles. The number of aromatic nitrogens is 1. The molecule has 0 aromatic carbocycles. The largest absolute Gasteiger partial charge is 0.450 e. The molecular formula is C17H21ClN6O2. The molecule has 3 rings (SSSR count). The van der Waals surface area contributed by atoms with E-state index in [1.807, 2.05) is 18.4 Å². The number of halogens is 1. The Balaban J connectivity index is 1.89. The maximum absolute atomic E-state index is 7.73. The van der Waals surface area contributed by atoms with E-state index in [4.69, 9.17) is 32.2 Å². The number of ether oxygens (including phenoxy) is 2. The smallest absolute Gasteiger partial charge is 0.168 e. The molecule has 2 aliphatic rings. The third-order valence-corrected chi connectivity index (χ3v) is 4.42. The average Bonchev–Trinajstić information content (AvgIpc) is 2.69. The SMILES string of the molecule is CNc1c(N)ncc(O/C(C=N)=C2\C=C(N3CCOCC3)C=CN2)c1Cl. The molecule has 0 bridgehead atoms. The molecule has 8 nitrogen and oxygen atoms in total. The monoisotopic (exact) mass is 376 g/mol. The molecule has 1 aromatic rings. The third kappa shape index (κ3) is 3.76. The van der Waals surface area contributed by atoms with Gasteiger partial charge < -0.3 is 36.2 Å². The second-order valence-corrected chi connectivity index (χ2v) is 6.00. The summed E-state index contributed by atoms with van der Waals surface area (Å²) < 4.78 is 11.2. The van der Waals surface area contributed by atoms with Gasteiger partial charge >= 0.3 is 0 Å². The number of hydrogen-bond donors (Lipinski definition) is 4. The lowest BCUT2D eigenvalue weighted by Crippen LogP contribution is -2.36. The van der Waals surface area contributed by atoms with E-state index in [0.717, 1.165) is 25.0 Å². The van der Waals surface area contributed by atoms with Crippen LogP contribution in [-0.2, 0) is 4.74 Å². The number of nitrogens with zero attached hydrogens (tertiary/aromatic N) is 2. The van der Waals surface area contributed by atoms with Gasteiger partial charge in [0.2, 0.25) is 0 Å². The Hall–Kier alpha value is -2.71. The topological polar surface area (TPSA) is 109 Å². The van der Waals surface area contributed by atoms with Gasteiger partial charge in [-0.3, -0.25) is 0 Å². The predicted molar refractivity (Wildman–Crippen MR) is 102 cm³/mol. The fourth-order valence-electron chi connectivity index (χ4n) is 2.69. The van der Waals surface area contributed by atoms with Crippen molar-refractivity contribution in [3.05, 3.63) is 46.7 Å². The molecule has 2 aliphatic heterocycles. The number of pyridine rings is 1. The van der Waals surface area contributed by atoms with Crippen LogP contribution in [0, 0.1) is 5.41 Å². The van der Waals surface area contributed by atoms with Crippen LogP contribution in [0.3, 0.4) is 0 Å². The van der Waals surface area contributed by atoms with Crippen LogP contribution in [0.2, 0.25) is 5.02 Å². The van der Waals surface area contributed by atoms with Crippen LogP contribution in [-0.4, -0.2) is 49.4 Å². The van der Waals surface area contributed by atoms with Gasteiger partial charge in [0.25, 0.3) is 0 Å². The summed E-state index contributed by atoms with van der Waals surface area (Å²) in [6.07, 6.45) is 8.29. The average molecular weight is 377 g/mol. The molecule has 0 atom stereocenters. The summed E-state index contributed by atoms with van der Waals surface area (Å²) in [5, 5.41) is 14.0. The fourth-order valence-corrected chi connectivity index (χ4v) is 2.97. The van der Waals surface area contributed by atoms with Gasteiger partial charge in [0.15, 0.2) is 11.5 Å². The molecule has 0 unspecified atom stereocenters. The molecule has 0 spiro atoms. The van der Waals surface area contributed by atoms with Crippen molar-refractivity contribution < 1.29 is 9.47 Å². The molecule has 138 valence electrons. The zero-order valence-corrected chi connectivity index (χ0v) is 15.1. The lowest BCUT2D eigenvalue weighted by atomic mass is 10.2. The van der Waals surface area contributed by atoms with Crippen molar-refractivity contribution >= 4 is 29.3 Å². The summed E-state index contributed by atoms with van der Waals surface area (Å²) in [7, 11) is 1.70. The number of morpholine rings is 1. The van der Waals surface area contributed by atoms with Gasteiger partial charge in [0, 0.05) is 32.0 Å². The zero-order valence-electron chi connectivity index (χ0n) is 14.4. The van der Waals surface area contributed by atoms with Crippen LogP contribution < -0.4 is 21.1 Å². The van der Waals surface area contributed by atoms with Gasteiger partial charge in [-0.05, 0) is 12.2 Å². The lowest BCUT2D eigenvalue weighted by molar-refractivity contribution is 0.0552. The highest BCUT2D eigenvalue weighted by Gasteiger charge is 2.18. The molecule has 1 aromatic heterocycles. The number of dihydropyridines is 1. The van der Waals surface area contributed by atoms with Crippen molar-refractivity contribution in [3.8, 4) is 5.75 Å². The second kappa shape index (κ2) is 8.11. The van der Waals surface area contributed by atoms with Gasteiger partial charge in [0.05, 0.1) is 37.0 Å². The number of nitrogens with two attached hydrogens (primary N) is 1. The van der Waals surface area contributed by atoms with Crippen LogP contribution in [0.1, 0.15) is 0 Å². The Bertz CT molecular complexity index is 784. The van der Waals surface area contributed by atoms with Crippen LogP contribution >= 0.6 is 11.6 Å². The summed E-state index contributed by atoms with van der Waals surface area (Å²) in [5.41, 5.74) is 7.96. The van der Waals surface area contributed by atoms with Crippen molar-refractivity contribution in [2.45, 2.75) is 0 Å². The van der Waals surface area contributed by atoms with Crippen molar-refractivity contribution in [3.63, 3.8) is 0 Å². The normalized spacial score (nSPS) is 18.7. The van der Waals surface area contributed by atoms with Crippen LogP contribution in [0.5, 0.6) is 5.75 Å². The van der Waals surface area contributed by atoms with Crippen molar-refractivity contribution in [2.24, 2.45) is 0 Å². The lowest BCUT2D eigenvalue weighted by Gasteiger charge is -2.31. The molecule has 9 heteroatoms. The van der Waals surface area contributed by atoms with E-state index in [0.29, 0.717) is 41.1 Å². The summed E-state index contributed by atoms with van der Waals surface area (Å²) in [6.45, 7) is 3.04. The Labute approximate surface area is 156 Å². The Morgan fingerprint density at radius 2 is 2.27 bits per heavy atom. The first-order valence-electron chi connectivity index (χ1n) is 8.16. The highest BCUT2D eigenvalue weighted by Crippen LogP contribution is 2.35. The van der Waals surface area contributed by atoms with Gasteiger partial charge in [-0.25, -0.2) is 4.98 Å². The summed E-state index contributed by atoms with van der Waals surface area (Å²) in [6, 6.07) is 0. The summed E-state index contributed by atoms with van der Waals surface area (Å²) in [4.78, 5) is 6.29. The van der Waals surface area contributed by atoms with E-state index in [1.54, 1.807) is 7.05 Å². The molecule has 5 N–H and O–H groups in total. The molecule has 0 aliphatic carbocycles. The number of rotatable bonds is 5. The molecular weight excluding hydrogens is 356 g/mol. The Morgan fingerprint density at radius 1 is 1.50 bits per heavy atom. The highest BCUT2D eigenvalue weighted by atomic mass is 35.5. The van der Waals surface area contributed by atoms with Gasteiger partial charge in [0.1, 0.15) is 10.8 Å². The first-order valence-corrected chi connectivity index (χ1v) is 8.53. The molecule has 0 saturated carbocycles. The van der Waals surface area contributed by atoms with E-state index in [2.05, 4.69) is 20.5 Å². The van der Waals surface area contributed by atoms with Gasteiger partial charge in [-0.15, -0.1) is 0 Å². The number of allylic oxidation sites excluding steroid dienone is 3. The fraction of sp³-hybridized carbons (Fsp3) is 0.294. The van der Waals surface area contributed by atoms with Crippen LogP contribution in [0.4, 0.5) is 11.5 Å². The minimum atomic E-state index is 0.280. The maximum Gasteiger partial charge on any atom is 0.168 e. The Kier molecular flexibility index (Phi) is 5.65. The summed E-state index contributed by atoms with van der Waals surface area (Å²) in [5.74, 6) is 0.909. The first-order chi connectivity index (χ1) is 12.6. The number of anilines is 2. The summed E-state index contributed by atoms with van der Waals surface area (Å²) >= 11 is 6.33. The minimum Gasteiger partial charge on any atom is -0.450 e. The van der Waals surface area contributed by atoms with Crippen molar-refractivity contribution in [1.82, 2.24) is 15.2 Å². The number of nitrogens with one attached hydrogen (secondary N) is 3. The molecule has 0 amide bonds. The van der Waals surface area contributed by atoms with E-state index < -0.39 is 0 Å². The quantitative estimate of drug-likeness (QED) is 0.459. The van der Waals surface area contributed by atoms with E-state index in [1.165, 1.54) is 6.20 Å². The first kappa shape index (κ1) is 18.1. The predicted octanol–water partition coefficient (Wildman–Crippen LogP) is 1.93. The Morgan fingerprint density at radius 3 is 2.96 bits per heavy atom. The van der Waals surface area contributed by atoms with Gasteiger partial charge in [-0.2, -0.15) is 0 Å². The molecule has 0 radical (unpaired) electrons. The highest BCUT2D eigenvalue weighted by molar-refractivity contribution is 6.35. The minimum absolute atomic E-state index is 0.280. The van der Waals surface area contributed by atoms with E-state index in [-0.39, 0.29) is 5.82 Å². The van der Waals surface area contributed by atoms with Crippen molar-refractivity contribution in [2.75, 3.05) is 44.4 Å². The van der Waals surface area contributed by atoms with Crippen LogP contribution in [0.15, 0.2) is 41.7 Å². The standard InChI is InChI=1S/C17H21ClN6O2/c1-21-16-15(18)14(10-23-17(16)20)26-13(9-19)12-8-11(2-3-22-12)24-4-6-25-7-5-24/h2-3,8-10,19,21-22H,4-7H2,1H3,(H2,20,23)/b13-12+,19-9?. The van der Waals surface area contributed by atoms with Crippen molar-refractivity contribution in [1.29, 1.82) is 5.41 Å². The maximum atomic E-state index is 7.73. The van der Waals surface area contributed by atoms with E-state index >= 15 is 0 Å².